The molecule has 1 aromatic heterocycles. The van der Waals surface area contributed by atoms with E-state index in [1.54, 1.807) is 18.2 Å². The fourth-order valence-electron chi connectivity index (χ4n) is 3.20. The van der Waals surface area contributed by atoms with Crippen molar-refractivity contribution in [2.75, 3.05) is 18.9 Å². The number of carbonyl (C=O) groups excluding carboxylic acids is 1. The molecule has 0 fully saturated rings. The molecule has 2 aromatic carbocycles. The summed E-state index contributed by atoms with van der Waals surface area (Å²) in [4.78, 5) is 14.4. The first-order chi connectivity index (χ1) is 13.9. The largest absolute Gasteiger partial charge is 0.324 e. The molecule has 0 aliphatic heterocycles. The zero-order valence-electron chi connectivity index (χ0n) is 16.6. The molecule has 29 heavy (non-hydrogen) atoms. The van der Waals surface area contributed by atoms with Crippen molar-refractivity contribution < 1.29 is 4.79 Å². The second-order valence-corrected chi connectivity index (χ2v) is 7.36. The molecule has 1 heterocycles. The Morgan fingerprint density at radius 3 is 2.66 bits per heavy atom. The van der Waals surface area contributed by atoms with Crippen LogP contribution >= 0.6 is 11.6 Å². The van der Waals surface area contributed by atoms with Crippen LogP contribution in [0.15, 0.2) is 48.5 Å². The molecular formula is C22H22ClN5O. The van der Waals surface area contributed by atoms with E-state index in [1.807, 2.05) is 60.8 Å². The predicted octanol–water partition coefficient (Wildman–Crippen LogP) is 4.08. The number of aromatic nitrogens is 2. The summed E-state index contributed by atoms with van der Waals surface area (Å²) >= 11 is 5.98. The number of nitrogens with one attached hydrogen (secondary N) is 1. The first-order valence-electron chi connectivity index (χ1n) is 9.17. The minimum Gasteiger partial charge on any atom is -0.324 e. The number of anilines is 1. The standard InChI is InChI=1S/C22H22ClN5O/c1-15-20(16(2)28(26-15)19-7-5-4-6-8-19)13-27(3)14-22(29)25-21-11-18(23)10-9-17(21)12-24/h4-11H,13-14H2,1-3H3,(H,25,29). The molecule has 148 valence electrons. The van der Waals surface area contributed by atoms with Crippen LogP contribution in [0.5, 0.6) is 0 Å². The number of nitrogens with zero attached hydrogens (tertiary/aromatic N) is 4. The van der Waals surface area contributed by atoms with Gasteiger partial charge in [-0.15, -0.1) is 0 Å². The lowest BCUT2D eigenvalue weighted by molar-refractivity contribution is -0.117. The highest BCUT2D eigenvalue weighted by Gasteiger charge is 2.16. The fraction of sp³-hybridized carbons (Fsp3) is 0.227. The maximum Gasteiger partial charge on any atom is 0.238 e. The second kappa shape index (κ2) is 8.91. The lowest BCUT2D eigenvalue weighted by Crippen LogP contribution is -2.30. The van der Waals surface area contributed by atoms with Crippen molar-refractivity contribution in [3.63, 3.8) is 0 Å². The first-order valence-corrected chi connectivity index (χ1v) is 9.55. The number of amides is 1. The SMILES string of the molecule is Cc1nn(-c2ccccc2)c(C)c1CN(C)CC(=O)Nc1cc(Cl)ccc1C#N. The number of halogens is 1. The van der Waals surface area contributed by atoms with Crippen molar-refractivity contribution in [3.05, 3.63) is 76.1 Å². The number of nitriles is 1. The summed E-state index contributed by atoms with van der Waals surface area (Å²) in [5.74, 6) is -0.211. The third-order valence-electron chi connectivity index (χ3n) is 4.66. The van der Waals surface area contributed by atoms with Gasteiger partial charge in [-0.25, -0.2) is 4.68 Å². The molecule has 6 nitrogen and oxygen atoms in total. The van der Waals surface area contributed by atoms with Crippen molar-refractivity contribution in [2.24, 2.45) is 0 Å². The summed E-state index contributed by atoms with van der Waals surface area (Å²) in [6.45, 7) is 4.76. The van der Waals surface area contributed by atoms with Crippen LogP contribution in [0.25, 0.3) is 5.69 Å². The number of likely N-dealkylation sites (N-methyl/N-ethyl adjacent to an activating group) is 1. The Hall–Kier alpha value is -3.14. The van der Waals surface area contributed by atoms with Gasteiger partial charge in [0.15, 0.2) is 0 Å². The summed E-state index contributed by atoms with van der Waals surface area (Å²) in [5, 5.41) is 17.1. The number of para-hydroxylation sites is 1. The highest BCUT2D eigenvalue weighted by molar-refractivity contribution is 6.31. The monoisotopic (exact) mass is 407 g/mol. The van der Waals surface area contributed by atoms with Gasteiger partial charge < -0.3 is 5.32 Å². The molecule has 0 radical (unpaired) electrons. The van der Waals surface area contributed by atoms with E-state index in [9.17, 15) is 10.1 Å². The highest BCUT2D eigenvalue weighted by Crippen LogP contribution is 2.21. The third kappa shape index (κ3) is 4.83. The van der Waals surface area contributed by atoms with E-state index in [0.717, 1.165) is 22.6 Å². The lowest BCUT2D eigenvalue weighted by atomic mass is 10.2. The molecule has 0 spiro atoms. The van der Waals surface area contributed by atoms with Crippen molar-refractivity contribution in [3.8, 4) is 11.8 Å². The van der Waals surface area contributed by atoms with Crippen LogP contribution in [0.2, 0.25) is 5.02 Å². The molecule has 3 rings (SSSR count). The second-order valence-electron chi connectivity index (χ2n) is 6.92. The van der Waals surface area contributed by atoms with Crippen LogP contribution in [0.4, 0.5) is 5.69 Å². The first kappa shape index (κ1) is 20.6. The van der Waals surface area contributed by atoms with Crippen molar-refractivity contribution >= 4 is 23.2 Å². The van der Waals surface area contributed by atoms with Crippen molar-refractivity contribution in [1.29, 1.82) is 5.26 Å². The molecular weight excluding hydrogens is 386 g/mol. The number of benzene rings is 2. The van der Waals surface area contributed by atoms with Crippen LogP contribution in [-0.2, 0) is 11.3 Å². The van der Waals surface area contributed by atoms with Crippen LogP contribution in [0.1, 0.15) is 22.5 Å². The Balaban J connectivity index is 1.69. The maximum absolute atomic E-state index is 12.5. The average molecular weight is 408 g/mol. The van der Waals surface area contributed by atoms with E-state index in [1.165, 1.54) is 0 Å². The average Bonchev–Trinajstić information content (AvgIpc) is 2.97. The number of carbonyl (C=O) groups is 1. The van der Waals surface area contributed by atoms with E-state index in [4.69, 9.17) is 11.6 Å². The smallest absolute Gasteiger partial charge is 0.238 e. The predicted molar refractivity (Wildman–Crippen MR) is 114 cm³/mol. The van der Waals surface area contributed by atoms with Gasteiger partial charge in [0.1, 0.15) is 6.07 Å². The molecule has 7 heteroatoms. The van der Waals surface area contributed by atoms with Crippen LogP contribution < -0.4 is 5.32 Å². The summed E-state index contributed by atoms with van der Waals surface area (Å²) in [6.07, 6.45) is 0. The van der Waals surface area contributed by atoms with Gasteiger partial charge in [0.2, 0.25) is 5.91 Å². The number of hydrogen-bond donors (Lipinski definition) is 1. The highest BCUT2D eigenvalue weighted by atomic mass is 35.5. The van der Waals surface area contributed by atoms with Gasteiger partial charge >= 0.3 is 0 Å². The normalized spacial score (nSPS) is 10.8. The van der Waals surface area contributed by atoms with Gasteiger partial charge in [-0.1, -0.05) is 29.8 Å². The molecule has 0 bridgehead atoms. The summed E-state index contributed by atoms with van der Waals surface area (Å²) in [5.41, 5.74) is 4.86. The molecule has 0 atom stereocenters. The molecule has 1 amide bonds. The Morgan fingerprint density at radius 2 is 1.97 bits per heavy atom. The lowest BCUT2D eigenvalue weighted by Gasteiger charge is -2.17. The summed E-state index contributed by atoms with van der Waals surface area (Å²) in [7, 11) is 1.88. The van der Waals surface area contributed by atoms with Crippen LogP contribution in [-0.4, -0.2) is 34.2 Å². The van der Waals surface area contributed by atoms with Gasteiger partial charge in [-0.3, -0.25) is 9.69 Å². The van der Waals surface area contributed by atoms with Gasteiger partial charge in [0.05, 0.1) is 29.2 Å². The summed E-state index contributed by atoms with van der Waals surface area (Å²) < 4.78 is 1.92. The molecule has 0 saturated carbocycles. The summed E-state index contributed by atoms with van der Waals surface area (Å²) in [6, 6.07) is 16.8. The van der Waals surface area contributed by atoms with Gasteiger partial charge in [0.25, 0.3) is 0 Å². The van der Waals surface area contributed by atoms with E-state index < -0.39 is 0 Å². The topological polar surface area (TPSA) is 74.0 Å². The maximum atomic E-state index is 12.5. The zero-order chi connectivity index (χ0) is 21.0. The Labute approximate surface area is 175 Å². The fourth-order valence-corrected chi connectivity index (χ4v) is 3.37. The molecule has 0 aliphatic carbocycles. The quantitative estimate of drug-likeness (QED) is 0.668. The van der Waals surface area contributed by atoms with E-state index >= 15 is 0 Å². The van der Waals surface area contributed by atoms with Gasteiger partial charge in [-0.05, 0) is 51.2 Å². The number of aryl methyl sites for hydroxylation is 1. The molecule has 0 saturated heterocycles. The Bertz CT molecular complexity index is 1070. The minimum absolute atomic E-state index is 0.173. The molecule has 0 unspecified atom stereocenters. The van der Waals surface area contributed by atoms with Gasteiger partial charge in [0, 0.05) is 22.8 Å². The van der Waals surface area contributed by atoms with E-state index in [-0.39, 0.29) is 12.5 Å². The van der Waals surface area contributed by atoms with Crippen LogP contribution in [0, 0.1) is 25.2 Å². The molecule has 0 aliphatic rings. The number of hydrogen-bond acceptors (Lipinski definition) is 4. The van der Waals surface area contributed by atoms with Crippen molar-refractivity contribution in [1.82, 2.24) is 14.7 Å². The zero-order valence-corrected chi connectivity index (χ0v) is 17.4. The minimum atomic E-state index is -0.211. The van der Waals surface area contributed by atoms with E-state index in [0.29, 0.717) is 22.8 Å². The molecule has 1 N–H and O–H groups in total. The Kier molecular flexibility index (Phi) is 6.32. The van der Waals surface area contributed by atoms with Crippen molar-refractivity contribution in [2.45, 2.75) is 20.4 Å². The number of rotatable bonds is 6. The van der Waals surface area contributed by atoms with Gasteiger partial charge in [-0.2, -0.15) is 10.4 Å². The van der Waals surface area contributed by atoms with Crippen LogP contribution in [0.3, 0.4) is 0 Å². The Morgan fingerprint density at radius 1 is 1.24 bits per heavy atom. The molecule has 3 aromatic rings. The third-order valence-corrected chi connectivity index (χ3v) is 4.89. The van der Waals surface area contributed by atoms with E-state index in [2.05, 4.69) is 16.5 Å².